The predicted octanol–water partition coefficient (Wildman–Crippen LogP) is 4.46. The normalized spacial score (nSPS) is 11.2. The zero-order valence-corrected chi connectivity index (χ0v) is 15.1. The van der Waals surface area contributed by atoms with Crippen LogP contribution < -0.4 is 14.2 Å². The molecular weight excluding hydrogens is 385 g/mol. The zero-order chi connectivity index (χ0) is 17.2. The largest absolute Gasteiger partial charge is 0.495 e. The van der Waals surface area contributed by atoms with E-state index in [4.69, 9.17) is 44.3 Å². The molecule has 2 aromatic carbocycles. The highest BCUT2D eigenvalue weighted by molar-refractivity contribution is 7.92. The second kappa shape index (κ2) is 7.05. The molecule has 0 aromatic heterocycles. The number of anilines is 1. The van der Waals surface area contributed by atoms with E-state index in [1.54, 1.807) is 12.1 Å². The summed E-state index contributed by atoms with van der Waals surface area (Å²) in [7, 11) is -1.28. The lowest BCUT2D eigenvalue weighted by molar-refractivity contribution is 0.392. The van der Waals surface area contributed by atoms with Gasteiger partial charge in [0.15, 0.2) is 0 Å². The molecule has 0 amide bonds. The Kier molecular flexibility index (Phi) is 5.52. The summed E-state index contributed by atoms with van der Waals surface area (Å²) in [5.41, 5.74) is 0.148. The number of benzene rings is 2. The van der Waals surface area contributed by atoms with Crippen molar-refractivity contribution in [2.24, 2.45) is 0 Å². The molecule has 0 aliphatic carbocycles. The molecule has 2 rings (SSSR count). The summed E-state index contributed by atoms with van der Waals surface area (Å²) < 4.78 is 37.8. The Balaban J connectivity index is 2.53. The number of methoxy groups -OCH3 is 2. The Labute approximate surface area is 149 Å². The van der Waals surface area contributed by atoms with E-state index in [1.165, 1.54) is 32.4 Å². The predicted molar refractivity (Wildman–Crippen MR) is 91.8 cm³/mol. The number of hydrogen-bond donors (Lipinski definition) is 1. The molecule has 1 N–H and O–H groups in total. The van der Waals surface area contributed by atoms with Gasteiger partial charge in [-0.05, 0) is 12.1 Å². The molecule has 0 fully saturated rings. The second-order valence-electron chi connectivity index (χ2n) is 4.34. The van der Waals surface area contributed by atoms with Gasteiger partial charge < -0.3 is 9.47 Å². The van der Waals surface area contributed by atoms with Crippen LogP contribution in [0.3, 0.4) is 0 Å². The number of sulfonamides is 1. The fourth-order valence-electron chi connectivity index (χ4n) is 1.82. The summed E-state index contributed by atoms with van der Waals surface area (Å²) >= 11 is 17.9. The molecule has 5 nitrogen and oxygen atoms in total. The van der Waals surface area contributed by atoms with Crippen molar-refractivity contribution in [3.63, 3.8) is 0 Å². The molecule has 124 valence electrons. The highest BCUT2D eigenvalue weighted by atomic mass is 35.5. The van der Waals surface area contributed by atoms with Crippen LogP contribution in [-0.4, -0.2) is 22.6 Å². The molecule has 0 saturated heterocycles. The molecule has 23 heavy (non-hydrogen) atoms. The van der Waals surface area contributed by atoms with Crippen LogP contribution >= 0.6 is 34.8 Å². The summed E-state index contributed by atoms with van der Waals surface area (Å²) in [6.45, 7) is 0. The monoisotopic (exact) mass is 395 g/mol. The number of ether oxygens (including phenoxy) is 2. The van der Waals surface area contributed by atoms with Gasteiger partial charge in [-0.3, -0.25) is 4.72 Å². The molecule has 0 atom stereocenters. The van der Waals surface area contributed by atoms with Gasteiger partial charge in [0, 0.05) is 12.1 Å². The van der Waals surface area contributed by atoms with Crippen LogP contribution in [0.25, 0.3) is 0 Å². The molecule has 0 unspecified atom stereocenters. The Morgan fingerprint density at radius 2 is 1.61 bits per heavy atom. The Morgan fingerprint density at radius 3 is 2.22 bits per heavy atom. The molecule has 2 aromatic rings. The Hall–Kier alpha value is -1.34. The molecule has 0 radical (unpaired) electrons. The minimum Gasteiger partial charge on any atom is -0.495 e. The summed E-state index contributed by atoms with van der Waals surface area (Å²) in [6.07, 6.45) is 0. The number of halogens is 3. The molecule has 0 spiro atoms. The van der Waals surface area contributed by atoms with Crippen molar-refractivity contribution in [1.82, 2.24) is 0 Å². The topological polar surface area (TPSA) is 64.6 Å². The van der Waals surface area contributed by atoms with Gasteiger partial charge in [-0.25, -0.2) is 8.42 Å². The van der Waals surface area contributed by atoms with Gasteiger partial charge in [0.05, 0.1) is 35.0 Å². The van der Waals surface area contributed by atoms with Crippen LogP contribution in [0.2, 0.25) is 15.1 Å². The van der Waals surface area contributed by atoms with Gasteiger partial charge in [0.25, 0.3) is 10.0 Å². The van der Waals surface area contributed by atoms with Gasteiger partial charge in [0.1, 0.15) is 16.4 Å². The fraction of sp³-hybridized carbons (Fsp3) is 0.143. The van der Waals surface area contributed by atoms with Gasteiger partial charge in [-0.1, -0.05) is 40.9 Å². The highest BCUT2D eigenvalue weighted by Crippen LogP contribution is 2.37. The van der Waals surface area contributed by atoms with Crippen LogP contribution in [0.15, 0.2) is 35.2 Å². The third-order valence-electron chi connectivity index (χ3n) is 2.92. The summed E-state index contributed by atoms with van der Waals surface area (Å²) in [5.74, 6) is 0.270. The van der Waals surface area contributed by atoms with Crippen LogP contribution in [0, 0.1) is 0 Å². The zero-order valence-electron chi connectivity index (χ0n) is 12.1. The van der Waals surface area contributed by atoms with E-state index >= 15 is 0 Å². The van der Waals surface area contributed by atoms with Crippen LogP contribution in [0.4, 0.5) is 5.69 Å². The van der Waals surface area contributed by atoms with Gasteiger partial charge in [-0.15, -0.1) is 0 Å². The van der Waals surface area contributed by atoms with E-state index < -0.39 is 10.0 Å². The van der Waals surface area contributed by atoms with Crippen LogP contribution in [0.5, 0.6) is 11.5 Å². The summed E-state index contributed by atoms with van der Waals surface area (Å²) in [5, 5.41) is 0.550. The Bertz CT molecular complexity index is 840. The minimum absolute atomic E-state index is 0.0708. The molecule has 9 heteroatoms. The quantitative estimate of drug-likeness (QED) is 0.810. The lowest BCUT2D eigenvalue weighted by atomic mass is 10.3. The lowest BCUT2D eigenvalue weighted by Crippen LogP contribution is -2.14. The SMILES string of the molecule is COc1cc(S(=O)(=O)Nc2cccc(Cl)c2Cl)c(OC)cc1Cl. The Morgan fingerprint density at radius 1 is 0.957 bits per heavy atom. The number of nitrogens with one attached hydrogen (secondary N) is 1. The molecule has 0 bridgehead atoms. The van der Waals surface area contributed by atoms with E-state index in [1.807, 2.05) is 0 Å². The van der Waals surface area contributed by atoms with Gasteiger partial charge in [0.2, 0.25) is 0 Å². The first kappa shape index (κ1) is 18.0. The molecular formula is C14H12Cl3NO4S. The third kappa shape index (κ3) is 3.77. The van der Waals surface area contributed by atoms with E-state index in [2.05, 4.69) is 4.72 Å². The van der Waals surface area contributed by atoms with Crippen molar-refractivity contribution in [3.05, 3.63) is 45.4 Å². The van der Waals surface area contributed by atoms with Crippen molar-refractivity contribution in [3.8, 4) is 11.5 Å². The lowest BCUT2D eigenvalue weighted by Gasteiger charge is -2.14. The molecule has 0 aliphatic heterocycles. The number of rotatable bonds is 5. The maximum absolute atomic E-state index is 12.6. The number of hydrogen-bond acceptors (Lipinski definition) is 4. The van der Waals surface area contributed by atoms with Gasteiger partial charge >= 0.3 is 0 Å². The molecule has 0 heterocycles. The highest BCUT2D eigenvalue weighted by Gasteiger charge is 2.23. The first-order valence-corrected chi connectivity index (χ1v) is 8.80. The van der Waals surface area contributed by atoms with Crippen molar-refractivity contribution < 1.29 is 17.9 Å². The van der Waals surface area contributed by atoms with Crippen LogP contribution in [-0.2, 0) is 10.0 Å². The van der Waals surface area contributed by atoms with Crippen molar-refractivity contribution >= 4 is 50.5 Å². The first-order chi connectivity index (χ1) is 10.8. The molecule has 0 saturated carbocycles. The van der Waals surface area contributed by atoms with E-state index in [0.29, 0.717) is 0 Å². The average molecular weight is 397 g/mol. The van der Waals surface area contributed by atoms with E-state index in [-0.39, 0.29) is 37.1 Å². The third-order valence-corrected chi connectivity index (χ3v) is 5.42. The van der Waals surface area contributed by atoms with E-state index in [0.717, 1.165) is 0 Å². The maximum atomic E-state index is 12.6. The van der Waals surface area contributed by atoms with Gasteiger partial charge in [-0.2, -0.15) is 0 Å². The minimum atomic E-state index is -4.00. The second-order valence-corrected chi connectivity index (χ2v) is 7.19. The van der Waals surface area contributed by atoms with Crippen molar-refractivity contribution in [1.29, 1.82) is 0 Å². The standard InChI is InChI=1S/C14H12Cl3NO4S/c1-21-11-7-13(12(22-2)6-9(11)16)23(19,20)18-10-5-3-4-8(15)14(10)17/h3-7,18H,1-2H3. The molecule has 0 aliphatic rings. The van der Waals surface area contributed by atoms with Crippen molar-refractivity contribution in [2.75, 3.05) is 18.9 Å². The summed E-state index contributed by atoms with van der Waals surface area (Å²) in [4.78, 5) is -0.141. The van der Waals surface area contributed by atoms with Crippen LogP contribution in [0.1, 0.15) is 0 Å². The summed E-state index contributed by atoms with van der Waals surface area (Å²) in [6, 6.07) is 7.24. The maximum Gasteiger partial charge on any atom is 0.265 e. The van der Waals surface area contributed by atoms with Crippen molar-refractivity contribution in [2.45, 2.75) is 4.90 Å². The fourth-order valence-corrected chi connectivity index (χ4v) is 3.70. The first-order valence-electron chi connectivity index (χ1n) is 6.18. The smallest absolute Gasteiger partial charge is 0.265 e. The average Bonchev–Trinajstić information content (AvgIpc) is 2.51. The van der Waals surface area contributed by atoms with E-state index in [9.17, 15) is 8.42 Å².